The largest absolute Gasteiger partial charge is 0.506 e. The lowest BCUT2D eigenvalue weighted by Crippen LogP contribution is -2.25. The number of hydrogen-bond acceptors (Lipinski definition) is 6. The number of methoxy groups -OCH3 is 2. The summed E-state index contributed by atoms with van der Waals surface area (Å²) < 4.78 is 15.0. The van der Waals surface area contributed by atoms with E-state index in [1.165, 1.54) is 0 Å². The lowest BCUT2D eigenvalue weighted by Gasteiger charge is -2.11. The summed E-state index contributed by atoms with van der Waals surface area (Å²) in [6, 6.07) is 6.57. The normalized spacial score (nSPS) is 12.5. The molecule has 0 atom stereocenters. The molecule has 0 radical (unpaired) electrons. The van der Waals surface area contributed by atoms with Crippen LogP contribution in [0.4, 0.5) is 0 Å². The van der Waals surface area contributed by atoms with Crippen LogP contribution in [0.25, 0.3) is 5.76 Å². The molecule has 24 heavy (non-hydrogen) atoms. The van der Waals surface area contributed by atoms with Crippen molar-refractivity contribution in [1.82, 2.24) is 0 Å². The Hall–Kier alpha value is -2.54. The average molecular weight is 336 g/mol. The van der Waals surface area contributed by atoms with E-state index in [2.05, 4.69) is 4.99 Å². The minimum absolute atomic E-state index is 0.0714. The van der Waals surface area contributed by atoms with Gasteiger partial charge in [0.05, 0.1) is 13.7 Å². The van der Waals surface area contributed by atoms with Crippen LogP contribution in [0.15, 0.2) is 34.8 Å². The van der Waals surface area contributed by atoms with E-state index in [0.717, 1.165) is 0 Å². The van der Waals surface area contributed by atoms with Crippen molar-refractivity contribution < 1.29 is 24.1 Å². The number of nitrogens with zero attached hydrogens (tertiary/aromatic N) is 1. The Balaban J connectivity index is 3.16. The summed E-state index contributed by atoms with van der Waals surface area (Å²) in [5, 5.41) is 10.5. The number of aliphatic imine (C=N–C) groups is 1. The van der Waals surface area contributed by atoms with Crippen molar-refractivity contribution in [1.29, 1.82) is 0 Å². The van der Waals surface area contributed by atoms with Gasteiger partial charge in [-0.1, -0.05) is 0 Å². The predicted octanol–water partition coefficient (Wildman–Crippen LogP) is 1.92. The van der Waals surface area contributed by atoms with Crippen molar-refractivity contribution in [2.45, 2.75) is 13.3 Å². The fourth-order valence-corrected chi connectivity index (χ4v) is 1.91. The van der Waals surface area contributed by atoms with Gasteiger partial charge in [0, 0.05) is 25.8 Å². The number of ether oxygens (including phenoxy) is 3. The van der Waals surface area contributed by atoms with Crippen LogP contribution in [0.3, 0.4) is 0 Å². The Bertz CT molecular complexity index is 594. The highest BCUT2D eigenvalue weighted by atomic mass is 16.5. The van der Waals surface area contributed by atoms with Gasteiger partial charge in [0.1, 0.15) is 22.9 Å². The van der Waals surface area contributed by atoms with E-state index < -0.39 is 5.97 Å². The second-order valence-corrected chi connectivity index (χ2v) is 4.79. The summed E-state index contributed by atoms with van der Waals surface area (Å²) in [7, 11) is 3.13. The Morgan fingerprint density at radius 1 is 1.25 bits per heavy atom. The van der Waals surface area contributed by atoms with E-state index in [-0.39, 0.29) is 23.8 Å². The molecule has 0 amide bonds. The molecule has 0 aliphatic heterocycles. The number of carbonyl (C=O) groups is 1. The molecule has 1 aromatic carbocycles. The number of hydrogen-bond donors (Lipinski definition) is 2. The molecule has 3 N–H and O–H groups in total. The first-order valence-corrected chi connectivity index (χ1v) is 7.59. The Morgan fingerprint density at radius 3 is 2.46 bits per heavy atom. The molecule has 0 aromatic heterocycles. The first-order chi connectivity index (χ1) is 11.5. The highest BCUT2D eigenvalue weighted by Crippen LogP contribution is 2.20. The zero-order valence-electron chi connectivity index (χ0n) is 14.2. The van der Waals surface area contributed by atoms with E-state index in [1.807, 2.05) is 0 Å². The maximum atomic E-state index is 12.2. The maximum Gasteiger partial charge on any atom is 0.345 e. The van der Waals surface area contributed by atoms with E-state index in [1.54, 1.807) is 45.4 Å². The van der Waals surface area contributed by atoms with Crippen LogP contribution >= 0.6 is 0 Å². The molecule has 1 aromatic rings. The predicted molar refractivity (Wildman–Crippen MR) is 92.2 cm³/mol. The van der Waals surface area contributed by atoms with Crippen LogP contribution < -0.4 is 10.5 Å². The first-order valence-electron chi connectivity index (χ1n) is 7.59. The molecular formula is C17H24N2O5. The van der Waals surface area contributed by atoms with Crippen molar-refractivity contribution >= 4 is 17.6 Å². The topological polar surface area (TPSA) is 103 Å². The zero-order chi connectivity index (χ0) is 17.9. The van der Waals surface area contributed by atoms with Gasteiger partial charge < -0.3 is 25.1 Å². The lowest BCUT2D eigenvalue weighted by atomic mass is 10.1. The molecule has 0 spiro atoms. The second-order valence-electron chi connectivity index (χ2n) is 4.79. The molecule has 7 nitrogen and oxygen atoms in total. The van der Waals surface area contributed by atoms with Gasteiger partial charge in [0.2, 0.25) is 0 Å². The summed E-state index contributed by atoms with van der Waals surface area (Å²) >= 11 is 0. The number of esters is 1. The number of nitrogens with two attached hydrogens (primary N) is 1. The molecule has 0 aliphatic rings. The molecule has 0 fully saturated rings. The fourth-order valence-electron chi connectivity index (χ4n) is 1.91. The maximum absolute atomic E-state index is 12.2. The van der Waals surface area contributed by atoms with Crippen molar-refractivity contribution in [3.05, 3.63) is 35.4 Å². The van der Waals surface area contributed by atoms with Gasteiger partial charge in [-0.25, -0.2) is 4.79 Å². The third-order valence-electron chi connectivity index (χ3n) is 3.12. The minimum Gasteiger partial charge on any atom is -0.506 e. The van der Waals surface area contributed by atoms with Crippen LogP contribution in [-0.2, 0) is 14.3 Å². The zero-order valence-corrected chi connectivity index (χ0v) is 14.2. The third kappa shape index (κ3) is 5.58. The molecule has 0 unspecified atom stereocenters. The van der Waals surface area contributed by atoms with Crippen LogP contribution in [0, 0.1) is 0 Å². The summed E-state index contributed by atoms with van der Waals surface area (Å²) in [6.07, 6.45) is 0.649. The SMILES string of the molecule is CCOC(=O)C(C(N)=NCCCOC)=C(O)c1ccc(OC)cc1. The third-order valence-corrected chi connectivity index (χ3v) is 3.12. The minimum atomic E-state index is -0.723. The van der Waals surface area contributed by atoms with Crippen molar-refractivity contribution in [3.63, 3.8) is 0 Å². The highest BCUT2D eigenvalue weighted by molar-refractivity contribution is 6.22. The lowest BCUT2D eigenvalue weighted by molar-refractivity contribution is -0.137. The first kappa shape index (κ1) is 19.5. The number of carbonyl (C=O) groups excluding carboxylic acids is 1. The van der Waals surface area contributed by atoms with Gasteiger partial charge in [-0.05, 0) is 37.6 Å². The van der Waals surface area contributed by atoms with Gasteiger partial charge in [0.25, 0.3) is 0 Å². The molecule has 0 saturated heterocycles. The van der Waals surface area contributed by atoms with E-state index >= 15 is 0 Å². The van der Waals surface area contributed by atoms with Gasteiger partial charge in [-0.15, -0.1) is 0 Å². The number of aliphatic hydroxyl groups is 1. The van der Waals surface area contributed by atoms with Gasteiger partial charge in [0.15, 0.2) is 0 Å². The van der Waals surface area contributed by atoms with E-state index in [0.29, 0.717) is 30.9 Å². The van der Waals surface area contributed by atoms with Crippen LogP contribution in [0.1, 0.15) is 18.9 Å². The number of amidine groups is 1. The second kappa shape index (κ2) is 10.3. The summed E-state index contributed by atoms with van der Waals surface area (Å²) in [4.78, 5) is 16.3. The average Bonchev–Trinajstić information content (AvgIpc) is 2.59. The molecule has 7 heteroatoms. The number of benzene rings is 1. The molecular weight excluding hydrogens is 312 g/mol. The summed E-state index contributed by atoms with van der Waals surface area (Å²) in [5.74, 6) is -0.453. The fraction of sp³-hybridized carbons (Fsp3) is 0.412. The molecule has 1 rings (SSSR count). The van der Waals surface area contributed by atoms with Crippen LogP contribution in [-0.4, -0.2) is 50.9 Å². The smallest absolute Gasteiger partial charge is 0.345 e. The quantitative estimate of drug-likeness (QED) is 0.178. The number of aliphatic hydroxyl groups excluding tert-OH is 1. The van der Waals surface area contributed by atoms with E-state index in [4.69, 9.17) is 19.9 Å². The molecule has 0 aliphatic carbocycles. The molecule has 0 heterocycles. The van der Waals surface area contributed by atoms with Crippen molar-refractivity contribution in [2.24, 2.45) is 10.7 Å². The van der Waals surface area contributed by atoms with Gasteiger partial charge >= 0.3 is 5.97 Å². The summed E-state index contributed by atoms with van der Waals surface area (Å²) in [6.45, 7) is 2.74. The highest BCUT2D eigenvalue weighted by Gasteiger charge is 2.22. The molecule has 0 saturated carbocycles. The van der Waals surface area contributed by atoms with Gasteiger partial charge in [-0.3, -0.25) is 4.99 Å². The molecule has 132 valence electrons. The van der Waals surface area contributed by atoms with Crippen molar-refractivity contribution in [2.75, 3.05) is 34.0 Å². The summed E-state index contributed by atoms with van der Waals surface area (Å²) in [5.41, 5.74) is 6.15. The Morgan fingerprint density at radius 2 is 1.92 bits per heavy atom. The number of rotatable bonds is 9. The van der Waals surface area contributed by atoms with E-state index in [9.17, 15) is 9.90 Å². The van der Waals surface area contributed by atoms with Crippen LogP contribution in [0.5, 0.6) is 5.75 Å². The van der Waals surface area contributed by atoms with Crippen LogP contribution in [0.2, 0.25) is 0 Å². The molecule has 0 bridgehead atoms. The Kier molecular flexibility index (Phi) is 8.35. The standard InChI is InChI=1S/C17H24N2O5/c1-4-24-17(21)14(16(18)19-10-5-11-22-2)15(20)12-6-8-13(23-3)9-7-12/h6-9,20H,4-5,10-11H2,1-3H3,(H2,18,19). The monoisotopic (exact) mass is 336 g/mol. The van der Waals surface area contributed by atoms with Crippen molar-refractivity contribution in [3.8, 4) is 5.75 Å². The van der Waals surface area contributed by atoms with Gasteiger partial charge in [-0.2, -0.15) is 0 Å². The Labute approximate surface area is 141 Å².